The zero-order chi connectivity index (χ0) is 13.2. The molecular formula is C15H18N2O2. The van der Waals surface area contributed by atoms with Gasteiger partial charge in [-0.3, -0.25) is 9.59 Å². The molecule has 1 fully saturated rings. The average Bonchev–Trinajstić information content (AvgIpc) is 2.94. The smallest absolute Gasteiger partial charge is 0.253 e. The highest BCUT2D eigenvalue weighted by Gasteiger charge is 2.22. The molecule has 0 radical (unpaired) electrons. The van der Waals surface area contributed by atoms with Crippen LogP contribution in [0.15, 0.2) is 18.2 Å². The number of carbonyl (C=O) groups excluding carboxylic acids is 2. The molecule has 1 aromatic carbocycles. The van der Waals surface area contributed by atoms with E-state index < -0.39 is 0 Å². The second kappa shape index (κ2) is 5.03. The predicted octanol–water partition coefficient (Wildman–Crippen LogP) is 1.09. The Kier molecular flexibility index (Phi) is 3.23. The Morgan fingerprint density at radius 3 is 2.53 bits per heavy atom. The number of nitrogens with zero attached hydrogens (tertiary/aromatic N) is 2. The van der Waals surface area contributed by atoms with Gasteiger partial charge in [0.15, 0.2) is 0 Å². The third-order valence-corrected chi connectivity index (χ3v) is 4.10. The van der Waals surface area contributed by atoms with Crippen molar-refractivity contribution in [2.75, 3.05) is 26.2 Å². The minimum Gasteiger partial charge on any atom is -0.342 e. The van der Waals surface area contributed by atoms with Gasteiger partial charge in [0.05, 0.1) is 0 Å². The first-order chi connectivity index (χ1) is 9.28. The Labute approximate surface area is 113 Å². The van der Waals surface area contributed by atoms with Crippen molar-refractivity contribution in [1.29, 1.82) is 0 Å². The summed E-state index contributed by atoms with van der Waals surface area (Å²) >= 11 is 0. The molecule has 0 aromatic heterocycles. The van der Waals surface area contributed by atoms with E-state index >= 15 is 0 Å². The van der Waals surface area contributed by atoms with E-state index in [9.17, 15) is 9.59 Å². The van der Waals surface area contributed by atoms with Crippen LogP contribution in [0.5, 0.6) is 0 Å². The van der Waals surface area contributed by atoms with Gasteiger partial charge in [0.2, 0.25) is 6.41 Å². The number of aryl methyl sites for hydroxylation is 2. The van der Waals surface area contributed by atoms with Gasteiger partial charge in [-0.15, -0.1) is 0 Å². The fourth-order valence-electron chi connectivity index (χ4n) is 2.92. The van der Waals surface area contributed by atoms with Crippen molar-refractivity contribution in [2.45, 2.75) is 19.3 Å². The second-order valence-corrected chi connectivity index (χ2v) is 5.27. The summed E-state index contributed by atoms with van der Waals surface area (Å²) < 4.78 is 0. The number of hydrogen-bond donors (Lipinski definition) is 0. The molecule has 1 aliphatic heterocycles. The number of carbonyl (C=O) groups is 2. The van der Waals surface area contributed by atoms with Crippen LogP contribution in [0, 0.1) is 0 Å². The van der Waals surface area contributed by atoms with Crippen molar-refractivity contribution in [1.82, 2.24) is 9.80 Å². The monoisotopic (exact) mass is 258 g/mol. The normalized spacial score (nSPS) is 18.3. The molecule has 100 valence electrons. The quantitative estimate of drug-likeness (QED) is 0.745. The van der Waals surface area contributed by atoms with Crippen molar-refractivity contribution in [3.05, 3.63) is 34.9 Å². The summed E-state index contributed by atoms with van der Waals surface area (Å²) in [5.74, 6) is 0.0975. The molecule has 1 heterocycles. The maximum absolute atomic E-state index is 12.4. The van der Waals surface area contributed by atoms with Gasteiger partial charge in [-0.05, 0) is 42.5 Å². The van der Waals surface area contributed by atoms with E-state index in [1.165, 1.54) is 17.5 Å². The molecule has 0 N–H and O–H groups in total. The molecule has 0 bridgehead atoms. The van der Waals surface area contributed by atoms with E-state index in [2.05, 4.69) is 12.1 Å². The van der Waals surface area contributed by atoms with Gasteiger partial charge in [-0.25, -0.2) is 0 Å². The number of piperazine rings is 1. The molecule has 1 saturated heterocycles. The van der Waals surface area contributed by atoms with Crippen LogP contribution in [0.4, 0.5) is 0 Å². The highest BCUT2D eigenvalue weighted by atomic mass is 16.2. The van der Waals surface area contributed by atoms with Gasteiger partial charge >= 0.3 is 0 Å². The summed E-state index contributed by atoms with van der Waals surface area (Å²) in [6.07, 6.45) is 4.29. The predicted molar refractivity (Wildman–Crippen MR) is 72.0 cm³/mol. The lowest BCUT2D eigenvalue weighted by molar-refractivity contribution is -0.119. The van der Waals surface area contributed by atoms with Crippen molar-refractivity contribution in [2.24, 2.45) is 0 Å². The minimum atomic E-state index is 0.0975. The highest BCUT2D eigenvalue weighted by Crippen LogP contribution is 2.23. The number of benzene rings is 1. The van der Waals surface area contributed by atoms with Crippen LogP contribution in [0.3, 0.4) is 0 Å². The van der Waals surface area contributed by atoms with Crippen molar-refractivity contribution in [3.8, 4) is 0 Å². The maximum atomic E-state index is 12.4. The minimum absolute atomic E-state index is 0.0975. The first-order valence-electron chi connectivity index (χ1n) is 6.88. The SMILES string of the molecule is O=CN1CCN(C(=O)c2ccc3c(c2)CCC3)CC1. The molecule has 4 nitrogen and oxygen atoms in total. The molecule has 0 atom stereocenters. The Morgan fingerprint density at radius 1 is 1.05 bits per heavy atom. The first kappa shape index (κ1) is 12.2. The van der Waals surface area contributed by atoms with Crippen molar-refractivity contribution >= 4 is 12.3 Å². The average molecular weight is 258 g/mol. The van der Waals surface area contributed by atoms with Crippen LogP contribution in [0.2, 0.25) is 0 Å². The number of rotatable bonds is 2. The van der Waals surface area contributed by atoms with Crippen molar-refractivity contribution in [3.63, 3.8) is 0 Å². The van der Waals surface area contributed by atoms with Crippen LogP contribution in [0.25, 0.3) is 0 Å². The van der Waals surface area contributed by atoms with Crippen LogP contribution >= 0.6 is 0 Å². The van der Waals surface area contributed by atoms with E-state index in [1.54, 1.807) is 4.90 Å². The molecular weight excluding hydrogens is 240 g/mol. The molecule has 2 aliphatic rings. The summed E-state index contributed by atoms with van der Waals surface area (Å²) in [4.78, 5) is 26.6. The van der Waals surface area contributed by atoms with E-state index in [0.717, 1.165) is 24.8 Å². The third kappa shape index (κ3) is 2.35. The van der Waals surface area contributed by atoms with Crippen LogP contribution in [-0.2, 0) is 17.6 Å². The topological polar surface area (TPSA) is 40.6 Å². The Bertz CT molecular complexity index is 505. The highest BCUT2D eigenvalue weighted by molar-refractivity contribution is 5.94. The number of amides is 2. The molecule has 0 saturated carbocycles. The summed E-state index contributed by atoms with van der Waals surface area (Å²) in [5.41, 5.74) is 3.51. The number of fused-ring (bicyclic) bond motifs is 1. The van der Waals surface area contributed by atoms with Gasteiger partial charge in [0.25, 0.3) is 5.91 Å². The fraction of sp³-hybridized carbons (Fsp3) is 0.467. The first-order valence-corrected chi connectivity index (χ1v) is 6.88. The maximum Gasteiger partial charge on any atom is 0.253 e. The Morgan fingerprint density at radius 2 is 1.79 bits per heavy atom. The lowest BCUT2D eigenvalue weighted by Gasteiger charge is -2.32. The van der Waals surface area contributed by atoms with E-state index in [0.29, 0.717) is 26.2 Å². The van der Waals surface area contributed by atoms with Gasteiger partial charge in [0, 0.05) is 31.7 Å². The zero-order valence-electron chi connectivity index (χ0n) is 11.0. The van der Waals surface area contributed by atoms with Crippen LogP contribution in [0.1, 0.15) is 27.9 Å². The zero-order valence-corrected chi connectivity index (χ0v) is 11.0. The summed E-state index contributed by atoms with van der Waals surface area (Å²) in [6.45, 7) is 2.55. The lowest BCUT2D eigenvalue weighted by atomic mass is 10.1. The van der Waals surface area contributed by atoms with Crippen molar-refractivity contribution < 1.29 is 9.59 Å². The van der Waals surface area contributed by atoms with Gasteiger partial charge in [0.1, 0.15) is 0 Å². The molecule has 1 aliphatic carbocycles. The Balaban J connectivity index is 1.72. The van der Waals surface area contributed by atoms with E-state index in [-0.39, 0.29) is 5.91 Å². The summed E-state index contributed by atoms with van der Waals surface area (Å²) in [6, 6.07) is 6.09. The van der Waals surface area contributed by atoms with E-state index in [4.69, 9.17) is 0 Å². The number of hydrogen-bond acceptors (Lipinski definition) is 2. The summed E-state index contributed by atoms with van der Waals surface area (Å²) in [5, 5.41) is 0. The summed E-state index contributed by atoms with van der Waals surface area (Å²) in [7, 11) is 0. The molecule has 19 heavy (non-hydrogen) atoms. The van der Waals surface area contributed by atoms with Crippen LogP contribution < -0.4 is 0 Å². The van der Waals surface area contributed by atoms with Crippen LogP contribution in [-0.4, -0.2) is 48.3 Å². The molecule has 1 aromatic rings. The third-order valence-electron chi connectivity index (χ3n) is 4.10. The molecule has 3 rings (SSSR count). The molecule has 2 amide bonds. The standard InChI is InChI=1S/C15H18N2O2/c18-11-16-6-8-17(9-7-16)15(19)14-5-4-12-2-1-3-13(12)10-14/h4-5,10-11H,1-3,6-9H2. The van der Waals surface area contributed by atoms with E-state index in [1.807, 2.05) is 11.0 Å². The molecule has 4 heteroatoms. The second-order valence-electron chi connectivity index (χ2n) is 5.27. The molecule has 0 spiro atoms. The van der Waals surface area contributed by atoms with Gasteiger partial charge < -0.3 is 9.80 Å². The Hall–Kier alpha value is -1.84. The van der Waals surface area contributed by atoms with Gasteiger partial charge in [-0.2, -0.15) is 0 Å². The lowest BCUT2D eigenvalue weighted by Crippen LogP contribution is -2.48. The molecule has 0 unspecified atom stereocenters. The fourth-order valence-corrected chi connectivity index (χ4v) is 2.92. The largest absolute Gasteiger partial charge is 0.342 e. The van der Waals surface area contributed by atoms with Gasteiger partial charge in [-0.1, -0.05) is 6.07 Å².